The van der Waals surface area contributed by atoms with Gasteiger partial charge in [-0.3, -0.25) is 14.5 Å². The number of carbonyl (C=O) groups is 4. The molecule has 0 aromatic heterocycles. The third kappa shape index (κ3) is 8.40. The molecule has 2 heterocycles. The Morgan fingerprint density at radius 2 is 1.87 bits per heavy atom. The lowest BCUT2D eigenvalue weighted by Gasteiger charge is -2.37. The van der Waals surface area contributed by atoms with Gasteiger partial charge in [0.05, 0.1) is 12.6 Å². The van der Waals surface area contributed by atoms with Gasteiger partial charge in [0.25, 0.3) is 0 Å². The van der Waals surface area contributed by atoms with Gasteiger partial charge in [0.1, 0.15) is 11.6 Å². The number of unbranched alkanes of at least 4 members (excludes halogenated alkanes) is 1. The summed E-state index contributed by atoms with van der Waals surface area (Å²) in [6.45, 7) is 17.7. The zero-order valence-electron chi connectivity index (χ0n) is 29.1. The molecule has 260 valence electrons. The first-order chi connectivity index (χ1) is 22.0. The van der Waals surface area contributed by atoms with Crippen molar-refractivity contribution in [2.24, 2.45) is 22.5 Å². The molecule has 0 bridgehead atoms. The van der Waals surface area contributed by atoms with Crippen LogP contribution in [0.1, 0.15) is 103 Å². The average Bonchev–Trinajstić information content (AvgIpc) is 3.31. The first-order valence-electron chi connectivity index (χ1n) is 17.1. The van der Waals surface area contributed by atoms with Gasteiger partial charge in [-0.1, -0.05) is 79.2 Å². The maximum Gasteiger partial charge on any atom is 0.407 e. The molecular formula is C36H55N5O6. The summed E-state index contributed by atoms with van der Waals surface area (Å²) >= 11 is 0. The maximum absolute atomic E-state index is 14.0. The molecule has 11 nitrogen and oxygen atoms in total. The van der Waals surface area contributed by atoms with Crippen LogP contribution in [0.4, 0.5) is 9.59 Å². The van der Waals surface area contributed by atoms with Gasteiger partial charge < -0.3 is 31.1 Å². The fourth-order valence-electron chi connectivity index (χ4n) is 7.19. The van der Waals surface area contributed by atoms with Crippen LogP contribution in [0.25, 0.3) is 0 Å². The van der Waals surface area contributed by atoms with E-state index in [1.54, 1.807) is 4.90 Å². The summed E-state index contributed by atoms with van der Waals surface area (Å²) in [7, 11) is 0. The number of nitrogens with zero attached hydrogens (tertiary/aromatic N) is 2. The number of aryl methyl sites for hydroxylation is 1. The van der Waals surface area contributed by atoms with E-state index < -0.39 is 35.1 Å². The Kier molecular flexibility index (Phi) is 10.9. The van der Waals surface area contributed by atoms with Gasteiger partial charge in [-0.2, -0.15) is 0 Å². The summed E-state index contributed by atoms with van der Waals surface area (Å²) < 4.78 is 5.69. The number of alkyl carbamates (subject to hydrolysis) is 1. The Hall–Kier alpha value is -3.76. The van der Waals surface area contributed by atoms with Crippen molar-refractivity contribution in [2.45, 2.75) is 124 Å². The van der Waals surface area contributed by atoms with Gasteiger partial charge >= 0.3 is 12.2 Å². The molecule has 47 heavy (non-hydrogen) atoms. The molecule has 2 fully saturated rings. The smallest absolute Gasteiger partial charge is 0.407 e. The van der Waals surface area contributed by atoms with Crippen molar-refractivity contribution in [1.82, 2.24) is 20.4 Å². The minimum absolute atomic E-state index is 0.154. The zero-order valence-corrected chi connectivity index (χ0v) is 29.1. The van der Waals surface area contributed by atoms with Crippen LogP contribution in [0, 0.1) is 16.7 Å². The minimum Gasteiger partial charge on any atom is -0.465 e. The molecule has 4 atom stereocenters. The monoisotopic (exact) mass is 653 g/mol. The van der Waals surface area contributed by atoms with E-state index in [0.717, 1.165) is 49.7 Å². The van der Waals surface area contributed by atoms with Crippen molar-refractivity contribution in [3.05, 3.63) is 47.2 Å². The second-order valence-corrected chi connectivity index (χ2v) is 15.6. The van der Waals surface area contributed by atoms with Crippen molar-refractivity contribution in [3.8, 4) is 0 Å². The summed E-state index contributed by atoms with van der Waals surface area (Å²) in [4.78, 5) is 53.9. The Labute approximate surface area is 279 Å². The zero-order chi connectivity index (χ0) is 34.7. The fourth-order valence-corrected chi connectivity index (χ4v) is 7.19. The molecule has 4 amide bonds. The van der Waals surface area contributed by atoms with Crippen molar-refractivity contribution in [3.63, 3.8) is 0 Å². The van der Waals surface area contributed by atoms with Crippen molar-refractivity contribution >= 4 is 24.0 Å². The fraction of sp³-hybridized carbons (Fsp3) is 0.667. The normalized spacial score (nSPS) is 22.8. The summed E-state index contributed by atoms with van der Waals surface area (Å²) in [5.41, 5.74) is 8.12. The molecule has 4 rings (SSSR count). The number of benzene rings is 1. The van der Waals surface area contributed by atoms with Crippen LogP contribution in [0.3, 0.4) is 0 Å². The number of amides is 4. The van der Waals surface area contributed by atoms with Gasteiger partial charge in [-0.15, -0.1) is 0 Å². The van der Waals surface area contributed by atoms with Gasteiger partial charge in [0.15, 0.2) is 0 Å². The molecule has 5 N–H and O–H groups in total. The van der Waals surface area contributed by atoms with Crippen LogP contribution in [0.2, 0.25) is 0 Å². The molecule has 0 unspecified atom stereocenters. The van der Waals surface area contributed by atoms with Gasteiger partial charge in [-0.25, -0.2) is 9.59 Å². The third-order valence-electron chi connectivity index (χ3n) is 10.2. The van der Waals surface area contributed by atoms with Crippen LogP contribution in [0.15, 0.2) is 30.5 Å². The van der Waals surface area contributed by atoms with Crippen LogP contribution in [-0.4, -0.2) is 69.7 Å². The second kappa shape index (κ2) is 14.2. The predicted octanol–water partition coefficient (Wildman–Crippen LogP) is 5.31. The highest BCUT2D eigenvalue weighted by molar-refractivity contribution is 5.89. The van der Waals surface area contributed by atoms with E-state index in [1.165, 1.54) is 10.5 Å². The van der Waals surface area contributed by atoms with E-state index in [2.05, 4.69) is 37.1 Å². The topological polar surface area (TPSA) is 154 Å². The van der Waals surface area contributed by atoms with Crippen molar-refractivity contribution in [1.29, 1.82) is 0 Å². The number of hydrogen-bond acceptors (Lipinski definition) is 6. The largest absolute Gasteiger partial charge is 0.465 e. The Morgan fingerprint density at radius 3 is 2.49 bits per heavy atom. The van der Waals surface area contributed by atoms with E-state index in [1.807, 2.05) is 39.8 Å². The number of primary amides is 1. The summed E-state index contributed by atoms with van der Waals surface area (Å²) in [5, 5.41) is 15.5. The lowest BCUT2D eigenvalue weighted by molar-refractivity contribution is -0.136. The molecular weight excluding hydrogens is 598 g/mol. The molecule has 11 heteroatoms. The van der Waals surface area contributed by atoms with Gasteiger partial charge in [0, 0.05) is 25.3 Å². The lowest BCUT2D eigenvalue weighted by atomic mass is 9.85. The highest BCUT2D eigenvalue weighted by Gasteiger charge is 2.59. The molecule has 1 aromatic rings. The molecule has 1 aliphatic carbocycles. The second-order valence-electron chi connectivity index (χ2n) is 15.6. The minimum atomic E-state index is -0.895. The Bertz CT molecular complexity index is 1370. The standard InChI is InChI=1S/C36H55N5O6/c1-8-26-19-36(26,31(37)43)39-23(2)28-16-12-18-41(28)30(42)29(34(3,4)5)38-32(44)47-22-35(6,7)17-10-9-13-24-14-11-15-25-20-40(33(45)46)21-27(24)25/h11,14-15,26,28-29,39H,2,8-10,12-13,16-22H2,1,3-7H3,(H2,37,43)(H,38,44)(H,45,46)/t26-,28+,29-,36-/m1/s1. The molecule has 1 aromatic carbocycles. The number of fused-ring (bicyclic) bond motifs is 1. The number of hydrogen-bond donors (Lipinski definition) is 4. The number of carboxylic acid groups (broad SMARTS) is 1. The lowest BCUT2D eigenvalue weighted by Crippen LogP contribution is -2.57. The molecule has 0 spiro atoms. The van der Waals surface area contributed by atoms with Crippen LogP contribution < -0.4 is 16.4 Å². The molecule has 0 radical (unpaired) electrons. The molecule has 2 aliphatic heterocycles. The summed E-state index contributed by atoms with van der Waals surface area (Å²) in [6, 6.07) is 4.97. The summed E-state index contributed by atoms with van der Waals surface area (Å²) in [5.74, 6) is -0.439. The highest BCUT2D eigenvalue weighted by atomic mass is 16.5. The van der Waals surface area contributed by atoms with Crippen LogP contribution >= 0.6 is 0 Å². The number of likely N-dealkylation sites (tertiary alicyclic amines) is 1. The number of ether oxygens (including phenoxy) is 1. The highest BCUT2D eigenvalue weighted by Crippen LogP contribution is 2.46. The third-order valence-corrected chi connectivity index (χ3v) is 10.2. The predicted molar refractivity (Wildman–Crippen MR) is 180 cm³/mol. The van der Waals surface area contributed by atoms with E-state index >= 15 is 0 Å². The maximum atomic E-state index is 14.0. The number of nitrogens with one attached hydrogen (secondary N) is 2. The SMILES string of the molecule is C=C(N[C@]1(C(N)=O)C[C@H]1CC)[C@@H]1CCCN1C(=O)[C@@H](NC(=O)OCC(C)(C)CCCCc1cccc2c1CN(C(=O)O)C2)C(C)(C)C. The Morgan fingerprint density at radius 1 is 1.15 bits per heavy atom. The van der Waals surface area contributed by atoms with E-state index in [9.17, 15) is 24.3 Å². The van der Waals surface area contributed by atoms with E-state index in [-0.39, 0.29) is 29.9 Å². The van der Waals surface area contributed by atoms with Gasteiger partial charge in [0.2, 0.25) is 11.8 Å². The first-order valence-corrected chi connectivity index (χ1v) is 17.1. The van der Waals surface area contributed by atoms with E-state index in [4.69, 9.17) is 10.5 Å². The summed E-state index contributed by atoms with van der Waals surface area (Å²) in [6.07, 6.45) is 5.05. The molecule has 1 saturated carbocycles. The number of nitrogens with two attached hydrogens (primary N) is 1. The molecule has 3 aliphatic rings. The number of rotatable bonds is 14. The van der Waals surface area contributed by atoms with Crippen LogP contribution in [-0.2, 0) is 33.8 Å². The average molecular weight is 654 g/mol. The number of carbonyl (C=O) groups excluding carboxylic acids is 3. The quantitative estimate of drug-likeness (QED) is 0.199. The van der Waals surface area contributed by atoms with Crippen molar-refractivity contribution in [2.75, 3.05) is 13.2 Å². The molecule has 1 saturated heterocycles. The van der Waals surface area contributed by atoms with Gasteiger partial charge in [-0.05, 0) is 72.0 Å². The van der Waals surface area contributed by atoms with E-state index in [0.29, 0.717) is 38.2 Å². The first kappa shape index (κ1) is 36.1. The Balaban J connectivity index is 1.27. The van der Waals surface area contributed by atoms with Crippen molar-refractivity contribution < 1.29 is 29.0 Å². The van der Waals surface area contributed by atoms with Crippen LogP contribution in [0.5, 0.6) is 0 Å².